The first-order valence-corrected chi connectivity index (χ1v) is 6.01. The summed E-state index contributed by atoms with van der Waals surface area (Å²) < 4.78 is 5.43. The average Bonchev–Trinajstić information content (AvgIpc) is 2.66. The second-order valence-electron chi connectivity index (χ2n) is 4.43. The van der Waals surface area contributed by atoms with Crippen molar-refractivity contribution in [1.29, 1.82) is 0 Å². The molecule has 0 amide bonds. The van der Waals surface area contributed by atoms with E-state index in [1.807, 2.05) is 0 Å². The summed E-state index contributed by atoms with van der Waals surface area (Å²) in [7, 11) is 0. The Morgan fingerprint density at radius 1 is 1.60 bits per heavy atom. The molecule has 2 atom stereocenters. The Hall–Kier alpha value is -0.700. The molecule has 1 aromatic heterocycles. The Kier molecular flexibility index (Phi) is 3.19. The molecular weight excluding hydrogens is 212 g/mol. The minimum Gasteiger partial charge on any atom is -0.432 e. The van der Waals surface area contributed by atoms with Gasteiger partial charge in [0.1, 0.15) is 6.26 Å². The lowest BCUT2D eigenvalue weighted by Gasteiger charge is -2.35. The van der Waals surface area contributed by atoms with Crippen LogP contribution in [0.5, 0.6) is 0 Å². The molecule has 0 radical (unpaired) electrons. The summed E-state index contributed by atoms with van der Waals surface area (Å²) in [5, 5.41) is 0. The molecule has 2 rings (SSSR count). The number of aromatic nitrogens is 1. The minimum absolute atomic E-state index is 0.419. The molecule has 15 heavy (non-hydrogen) atoms. The van der Waals surface area contributed by atoms with Crippen LogP contribution in [-0.4, -0.2) is 17.6 Å². The van der Waals surface area contributed by atoms with Crippen LogP contribution in [0.25, 0.3) is 0 Å². The van der Waals surface area contributed by atoms with E-state index in [1.165, 1.54) is 12.8 Å². The summed E-state index contributed by atoms with van der Waals surface area (Å²) in [6.07, 6.45) is 4.06. The monoisotopic (exact) mass is 228 g/mol. The SMILES string of the molecule is CC1CCN(c2nc(CCl)co2)C(C)C1. The molecule has 1 fully saturated rings. The summed E-state index contributed by atoms with van der Waals surface area (Å²) in [5.74, 6) is 1.22. The maximum atomic E-state index is 5.70. The molecule has 4 heteroatoms. The molecule has 0 aromatic carbocycles. The molecule has 1 aliphatic heterocycles. The van der Waals surface area contributed by atoms with Crippen molar-refractivity contribution in [1.82, 2.24) is 4.98 Å². The van der Waals surface area contributed by atoms with Crippen LogP contribution in [0, 0.1) is 5.92 Å². The molecule has 0 saturated carbocycles. The van der Waals surface area contributed by atoms with Gasteiger partial charge in [0, 0.05) is 12.6 Å². The van der Waals surface area contributed by atoms with Crippen LogP contribution >= 0.6 is 11.6 Å². The van der Waals surface area contributed by atoms with Crippen molar-refractivity contribution >= 4 is 17.6 Å². The lowest BCUT2D eigenvalue weighted by molar-refractivity contribution is 0.357. The zero-order chi connectivity index (χ0) is 10.8. The van der Waals surface area contributed by atoms with E-state index in [9.17, 15) is 0 Å². The predicted molar refractivity (Wildman–Crippen MR) is 61.3 cm³/mol. The molecule has 1 aliphatic rings. The minimum atomic E-state index is 0.419. The summed E-state index contributed by atoms with van der Waals surface area (Å²) in [4.78, 5) is 6.59. The number of piperidine rings is 1. The van der Waals surface area contributed by atoms with Crippen molar-refractivity contribution in [2.75, 3.05) is 11.4 Å². The highest BCUT2D eigenvalue weighted by atomic mass is 35.5. The van der Waals surface area contributed by atoms with Gasteiger partial charge in [0.05, 0.1) is 11.6 Å². The highest BCUT2D eigenvalue weighted by molar-refractivity contribution is 6.16. The van der Waals surface area contributed by atoms with Crippen LogP contribution in [0.1, 0.15) is 32.4 Å². The van der Waals surface area contributed by atoms with Crippen molar-refractivity contribution < 1.29 is 4.42 Å². The van der Waals surface area contributed by atoms with Gasteiger partial charge in [-0.3, -0.25) is 0 Å². The molecule has 0 aliphatic carbocycles. The number of nitrogens with zero attached hydrogens (tertiary/aromatic N) is 2. The number of anilines is 1. The van der Waals surface area contributed by atoms with Crippen LogP contribution in [0.4, 0.5) is 6.01 Å². The Morgan fingerprint density at radius 2 is 2.40 bits per heavy atom. The van der Waals surface area contributed by atoms with Gasteiger partial charge < -0.3 is 9.32 Å². The van der Waals surface area contributed by atoms with E-state index in [2.05, 4.69) is 23.7 Å². The van der Waals surface area contributed by atoms with Crippen molar-refractivity contribution in [2.24, 2.45) is 5.92 Å². The van der Waals surface area contributed by atoms with Crippen molar-refractivity contribution in [3.8, 4) is 0 Å². The third kappa shape index (κ3) is 2.28. The summed E-state index contributed by atoms with van der Waals surface area (Å²) >= 11 is 5.70. The molecular formula is C11H17ClN2O. The van der Waals surface area contributed by atoms with E-state index < -0.39 is 0 Å². The molecule has 1 aromatic rings. The average molecular weight is 229 g/mol. The van der Waals surface area contributed by atoms with E-state index in [0.29, 0.717) is 11.9 Å². The summed E-state index contributed by atoms with van der Waals surface area (Å²) in [6, 6.07) is 1.24. The van der Waals surface area contributed by atoms with Gasteiger partial charge >= 0.3 is 0 Å². The highest BCUT2D eigenvalue weighted by Gasteiger charge is 2.25. The fraction of sp³-hybridized carbons (Fsp3) is 0.727. The van der Waals surface area contributed by atoms with Gasteiger partial charge in [-0.15, -0.1) is 11.6 Å². The Bertz CT molecular complexity index is 326. The lowest BCUT2D eigenvalue weighted by Crippen LogP contribution is -2.40. The molecule has 0 N–H and O–H groups in total. The van der Waals surface area contributed by atoms with Gasteiger partial charge in [0.15, 0.2) is 0 Å². The Labute approximate surface area is 95.4 Å². The molecule has 2 heterocycles. The van der Waals surface area contributed by atoms with Crippen molar-refractivity contribution in [3.05, 3.63) is 12.0 Å². The summed E-state index contributed by atoms with van der Waals surface area (Å²) in [6.45, 7) is 5.55. The zero-order valence-electron chi connectivity index (χ0n) is 9.24. The molecule has 2 unspecified atom stereocenters. The lowest BCUT2D eigenvalue weighted by atomic mass is 9.94. The van der Waals surface area contributed by atoms with Crippen LogP contribution in [-0.2, 0) is 5.88 Å². The van der Waals surface area contributed by atoms with Gasteiger partial charge in [-0.1, -0.05) is 6.92 Å². The van der Waals surface area contributed by atoms with Gasteiger partial charge in [-0.25, -0.2) is 0 Å². The fourth-order valence-corrected chi connectivity index (χ4v) is 2.30. The van der Waals surface area contributed by atoms with Crippen molar-refractivity contribution in [3.63, 3.8) is 0 Å². The second-order valence-corrected chi connectivity index (χ2v) is 4.69. The molecule has 3 nitrogen and oxygen atoms in total. The van der Waals surface area contributed by atoms with E-state index in [4.69, 9.17) is 16.0 Å². The smallest absolute Gasteiger partial charge is 0.297 e. The molecule has 0 bridgehead atoms. The number of alkyl halides is 1. The first-order valence-electron chi connectivity index (χ1n) is 5.47. The van der Waals surface area contributed by atoms with E-state index in [-0.39, 0.29) is 0 Å². The van der Waals surface area contributed by atoms with Crippen LogP contribution < -0.4 is 4.90 Å². The number of rotatable bonds is 2. The van der Waals surface area contributed by atoms with Gasteiger partial charge in [-0.05, 0) is 25.7 Å². The van der Waals surface area contributed by atoms with E-state index in [1.54, 1.807) is 6.26 Å². The Morgan fingerprint density at radius 3 is 3.00 bits per heavy atom. The molecule has 0 spiro atoms. The predicted octanol–water partition coefficient (Wildman–Crippen LogP) is 3.04. The summed E-state index contributed by atoms with van der Waals surface area (Å²) in [5.41, 5.74) is 0.817. The molecule has 84 valence electrons. The standard InChI is InChI=1S/C11H17ClN2O/c1-8-3-4-14(9(2)5-8)11-13-10(6-12)7-15-11/h7-9H,3-6H2,1-2H3. The van der Waals surface area contributed by atoms with E-state index in [0.717, 1.165) is 24.2 Å². The molecule has 1 saturated heterocycles. The largest absolute Gasteiger partial charge is 0.432 e. The highest BCUT2D eigenvalue weighted by Crippen LogP contribution is 2.27. The van der Waals surface area contributed by atoms with Gasteiger partial charge in [0.25, 0.3) is 6.01 Å². The maximum Gasteiger partial charge on any atom is 0.297 e. The topological polar surface area (TPSA) is 29.3 Å². The van der Waals surface area contributed by atoms with Gasteiger partial charge in [-0.2, -0.15) is 4.98 Å². The normalized spacial score (nSPS) is 27.0. The van der Waals surface area contributed by atoms with Gasteiger partial charge in [0.2, 0.25) is 0 Å². The fourth-order valence-electron chi connectivity index (χ4n) is 2.18. The number of hydrogen-bond donors (Lipinski definition) is 0. The van der Waals surface area contributed by atoms with E-state index >= 15 is 0 Å². The van der Waals surface area contributed by atoms with Crippen LogP contribution in [0.2, 0.25) is 0 Å². The maximum absolute atomic E-state index is 5.70. The number of hydrogen-bond acceptors (Lipinski definition) is 3. The van der Waals surface area contributed by atoms with Crippen LogP contribution in [0.15, 0.2) is 10.7 Å². The second kappa shape index (κ2) is 4.44. The van der Waals surface area contributed by atoms with Crippen LogP contribution in [0.3, 0.4) is 0 Å². The number of oxazole rings is 1. The number of halogens is 1. The quantitative estimate of drug-likeness (QED) is 0.729. The van der Waals surface area contributed by atoms with Crippen molar-refractivity contribution in [2.45, 2.75) is 38.6 Å². The third-order valence-corrected chi connectivity index (χ3v) is 3.33. The zero-order valence-corrected chi connectivity index (χ0v) is 10.00. The first-order chi connectivity index (χ1) is 7.20. The third-order valence-electron chi connectivity index (χ3n) is 3.06. The Balaban J connectivity index is 2.09. The first kappa shape index (κ1) is 10.8.